The van der Waals surface area contributed by atoms with Gasteiger partial charge < -0.3 is 19.9 Å². The highest BCUT2D eigenvalue weighted by atomic mass is 19.4. The van der Waals surface area contributed by atoms with Crippen LogP contribution in [0, 0.1) is 5.41 Å². The molecule has 26 heavy (non-hydrogen) atoms. The molecule has 0 radical (unpaired) electrons. The van der Waals surface area contributed by atoms with Gasteiger partial charge in [-0.2, -0.15) is 13.2 Å². The normalized spacial score (nSPS) is 12.8. The smallest absolute Gasteiger partial charge is 0.389 e. The van der Waals surface area contributed by atoms with E-state index in [1.807, 2.05) is 0 Å². The standard InChI is InChI=1S/C16H24F3N5O2/c1-3-21-15(25)23-12(7-8-16(17,18)19)6-4-5-11-26-13(20)14-22-9-10-24(14)2/h4-5,9-10,12,20H,3,6-8,11H2,1-2H3,(H2,21,23,25)/b5-4-,20-13?/t12-/m1/s1. The van der Waals surface area contributed by atoms with Gasteiger partial charge in [0.2, 0.25) is 0 Å². The van der Waals surface area contributed by atoms with E-state index in [4.69, 9.17) is 10.1 Å². The molecule has 0 saturated carbocycles. The van der Waals surface area contributed by atoms with Crippen molar-refractivity contribution in [3.05, 3.63) is 30.4 Å². The fraction of sp³-hybridized carbons (Fsp3) is 0.562. The molecule has 1 aromatic rings. The quantitative estimate of drug-likeness (QED) is 0.352. The lowest BCUT2D eigenvalue weighted by molar-refractivity contribution is -0.136. The van der Waals surface area contributed by atoms with Crippen LogP contribution in [0.5, 0.6) is 0 Å². The van der Waals surface area contributed by atoms with Crippen molar-refractivity contribution in [1.29, 1.82) is 5.41 Å². The van der Waals surface area contributed by atoms with Gasteiger partial charge >= 0.3 is 12.2 Å². The van der Waals surface area contributed by atoms with Crippen molar-refractivity contribution in [3.63, 3.8) is 0 Å². The van der Waals surface area contributed by atoms with Crippen LogP contribution in [-0.2, 0) is 11.8 Å². The highest BCUT2D eigenvalue weighted by Crippen LogP contribution is 2.23. The molecular weight excluding hydrogens is 351 g/mol. The van der Waals surface area contributed by atoms with E-state index in [0.29, 0.717) is 12.4 Å². The molecule has 0 aliphatic heterocycles. The molecule has 7 nitrogen and oxygen atoms in total. The molecule has 146 valence electrons. The SMILES string of the molecule is CCNC(=O)N[C@H](C/C=C\COC(=N)c1nccn1C)CCC(F)(F)F. The highest BCUT2D eigenvalue weighted by molar-refractivity contribution is 5.87. The van der Waals surface area contributed by atoms with Gasteiger partial charge in [-0.05, 0) is 19.8 Å². The Morgan fingerprint density at radius 3 is 2.77 bits per heavy atom. The molecule has 0 saturated heterocycles. The first-order valence-electron chi connectivity index (χ1n) is 8.18. The van der Waals surface area contributed by atoms with Crippen LogP contribution in [0.1, 0.15) is 32.0 Å². The van der Waals surface area contributed by atoms with Crippen LogP contribution >= 0.6 is 0 Å². The third-order valence-corrected chi connectivity index (χ3v) is 3.38. The maximum Gasteiger partial charge on any atom is 0.389 e. The molecule has 0 aliphatic rings. The van der Waals surface area contributed by atoms with E-state index in [-0.39, 0.29) is 25.3 Å². The number of nitrogens with one attached hydrogen (secondary N) is 3. The van der Waals surface area contributed by atoms with E-state index in [9.17, 15) is 18.0 Å². The van der Waals surface area contributed by atoms with Gasteiger partial charge in [0, 0.05) is 38.4 Å². The second-order valence-electron chi connectivity index (χ2n) is 5.56. The number of imidazole rings is 1. The van der Waals surface area contributed by atoms with E-state index >= 15 is 0 Å². The lowest BCUT2D eigenvalue weighted by Gasteiger charge is -2.18. The molecule has 1 aromatic heterocycles. The Labute approximate surface area is 150 Å². The zero-order chi connectivity index (χ0) is 19.6. The van der Waals surface area contributed by atoms with E-state index in [0.717, 1.165) is 0 Å². The molecule has 1 heterocycles. The van der Waals surface area contributed by atoms with Crippen molar-refractivity contribution >= 4 is 11.9 Å². The van der Waals surface area contributed by atoms with E-state index in [2.05, 4.69) is 15.6 Å². The molecule has 0 spiro atoms. The minimum atomic E-state index is -4.27. The topological polar surface area (TPSA) is 92.0 Å². The van der Waals surface area contributed by atoms with E-state index < -0.39 is 24.7 Å². The summed E-state index contributed by atoms with van der Waals surface area (Å²) in [5.41, 5.74) is 0. The van der Waals surface area contributed by atoms with Gasteiger partial charge in [0.25, 0.3) is 5.90 Å². The molecule has 0 unspecified atom stereocenters. The number of rotatable bonds is 9. The van der Waals surface area contributed by atoms with Crippen molar-refractivity contribution in [2.24, 2.45) is 7.05 Å². The summed E-state index contributed by atoms with van der Waals surface area (Å²) in [4.78, 5) is 15.5. The van der Waals surface area contributed by atoms with Crippen LogP contribution in [0.25, 0.3) is 0 Å². The van der Waals surface area contributed by atoms with Gasteiger partial charge in [-0.15, -0.1) is 0 Å². The number of aromatic nitrogens is 2. The molecule has 2 amide bonds. The minimum absolute atomic E-state index is 0.0822. The number of amides is 2. The van der Waals surface area contributed by atoms with Crippen LogP contribution in [0.2, 0.25) is 0 Å². The van der Waals surface area contributed by atoms with Gasteiger partial charge in [0.15, 0.2) is 5.82 Å². The average molecular weight is 375 g/mol. The lowest BCUT2D eigenvalue weighted by atomic mass is 10.1. The summed E-state index contributed by atoms with van der Waals surface area (Å²) in [6.45, 7) is 2.19. The van der Waals surface area contributed by atoms with E-state index in [1.54, 1.807) is 43.1 Å². The Kier molecular flexibility index (Phi) is 8.66. The van der Waals surface area contributed by atoms with E-state index in [1.165, 1.54) is 0 Å². The number of carbonyl (C=O) groups is 1. The minimum Gasteiger partial charge on any atom is -0.471 e. The molecular formula is C16H24F3N5O2. The fourth-order valence-corrected chi connectivity index (χ4v) is 2.09. The van der Waals surface area contributed by atoms with Crippen LogP contribution in [0.15, 0.2) is 24.5 Å². The molecule has 1 rings (SSSR count). The predicted octanol–water partition coefficient (Wildman–Crippen LogP) is 2.74. The maximum absolute atomic E-state index is 12.4. The van der Waals surface area contributed by atoms with Crippen LogP contribution < -0.4 is 10.6 Å². The third-order valence-electron chi connectivity index (χ3n) is 3.38. The number of halogens is 3. The van der Waals surface area contributed by atoms with Gasteiger partial charge in [-0.1, -0.05) is 12.2 Å². The van der Waals surface area contributed by atoms with Crippen LogP contribution in [-0.4, -0.2) is 46.8 Å². The summed E-state index contributed by atoms with van der Waals surface area (Å²) < 4.78 is 44.1. The monoisotopic (exact) mass is 375 g/mol. The number of hydrogen-bond acceptors (Lipinski definition) is 4. The molecule has 0 aromatic carbocycles. The first-order valence-corrected chi connectivity index (χ1v) is 8.18. The predicted molar refractivity (Wildman–Crippen MR) is 91.0 cm³/mol. The lowest BCUT2D eigenvalue weighted by Crippen LogP contribution is -2.42. The molecule has 1 atom stereocenters. The van der Waals surface area contributed by atoms with Crippen LogP contribution in [0.4, 0.5) is 18.0 Å². The Morgan fingerprint density at radius 1 is 1.46 bits per heavy atom. The summed E-state index contributed by atoms with van der Waals surface area (Å²) in [5.74, 6) is 0.274. The number of urea groups is 1. The second kappa shape index (κ2) is 10.5. The van der Waals surface area contributed by atoms with Crippen molar-refractivity contribution in [3.8, 4) is 0 Å². The summed E-state index contributed by atoms with van der Waals surface area (Å²) in [6, 6.07) is -1.14. The van der Waals surface area contributed by atoms with Crippen molar-refractivity contribution in [2.45, 2.75) is 38.4 Å². The highest BCUT2D eigenvalue weighted by Gasteiger charge is 2.28. The molecule has 0 fully saturated rings. The number of nitrogens with zero attached hydrogens (tertiary/aromatic N) is 2. The molecule has 3 N–H and O–H groups in total. The summed E-state index contributed by atoms with van der Waals surface area (Å²) in [7, 11) is 1.73. The first-order chi connectivity index (χ1) is 12.2. The van der Waals surface area contributed by atoms with Crippen LogP contribution in [0.3, 0.4) is 0 Å². The summed E-state index contributed by atoms with van der Waals surface area (Å²) in [6.07, 6.45) is 1.21. The van der Waals surface area contributed by atoms with Gasteiger partial charge in [0.1, 0.15) is 6.61 Å². The number of hydrogen-bond donors (Lipinski definition) is 3. The van der Waals surface area contributed by atoms with Gasteiger partial charge in [-0.3, -0.25) is 5.41 Å². The number of alkyl halides is 3. The third kappa shape index (κ3) is 8.54. The Morgan fingerprint density at radius 2 is 2.19 bits per heavy atom. The maximum atomic E-state index is 12.4. The average Bonchev–Trinajstić information content (AvgIpc) is 2.97. The van der Waals surface area contributed by atoms with Gasteiger partial charge in [-0.25, -0.2) is 9.78 Å². The van der Waals surface area contributed by atoms with Crippen molar-refractivity contribution in [2.75, 3.05) is 13.2 Å². The van der Waals surface area contributed by atoms with Crippen molar-refractivity contribution in [1.82, 2.24) is 20.2 Å². The molecule has 0 aliphatic carbocycles. The molecule has 10 heteroatoms. The zero-order valence-electron chi connectivity index (χ0n) is 14.8. The van der Waals surface area contributed by atoms with Gasteiger partial charge in [0.05, 0.1) is 0 Å². The summed E-state index contributed by atoms with van der Waals surface area (Å²) >= 11 is 0. The second-order valence-corrected chi connectivity index (χ2v) is 5.56. The zero-order valence-corrected chi connectivity index (χ0v) is 14.8. The Balaban J connectivity index is 2.45. The largest absolute Gasteiger partial charge is 0.471 e. The number of carbonyl (C=O) groups excluding carboxylic acids is 1. The Hall–Kier alpha value is -2.52. The summed E-state index contributed by atoms with van der Waals surface area (Å²) in [5, 5.41) is 12.8. The Bertz CT molecular complexity index is 613. The van der Waals surface area contributed by atoms with Crippen molar-refractivity contribution < 1.29 is 22.7 Å². The fourth-order valence-electron chi connectivity index (χ4n) is 2.09. The number of ether oxygens (including phenoxy) is 1. The molecule has 0 bridgehead atoms. The number of aryl methyl sites for hydroxylation is 1. The first kappa shape index (κ1) is 21.5.